The van der Waals surface area contributed by atoms with Crippen molar-refractivity contribution in [2.24, 2.45) is 11.5 Å². The van der Waals surface area contributed by atoms with E-state index < -0.39 is 0 Å². The summed E-state index contributed by atoms with van der Waals surface area (Å²) < 4.78 is 0. The summed E-state index contributed by atoms with van der Waals surface area (Å²) in [5.74, 6) is -0.183. The fourth-order valence-corrected chi connectivity index (χ4v) is 1.91. The van der Waals surface area contributed by atoms with Gasteiger partial charge in [0.2, 0.25) is 0 Å². The van der Waals surface area contributed by atoms with Crippen LogP contribution in [-0.2, 0) is 4.79 Å². The van der Waals surface area contributed by atoms with Crippen LogP contribution >= 0.6 is 0 Å². The summed E-state index contributed by atoms with van der Waals surface area (Å²) in [4.78, 5) is 11.7. The van der Waals surface area contributed by atoms with Gasteiger partial charge in [0.15, 0.2) is 0 Å². The van der Waals surface area contributed by atoms with E-state index in [2.05, 4.69) is 5.32 Å². The fraction of sp³-hybridized carbons (Fsp3) is 0.615. The monoisotopic (exact) mass is 237 g/mol. The first kappa shape index (κ1) is 13.6. The van der Waals surface area contributed by atoms with Crippen molar-refractivity contribution < 1.29 is 4.79 Å². The molecule has 0 spiro atoms. The summed E-state index contributed by atoms with van der Waals surface area (Å²) in [6, 6.07) is 0.288. The van der Waals surface area contributed by atoms with Gasteiger partial charge in [0.1, 0.15) is 0 Å². The van der Waals surface area contributed by atoms with E-state index in [0.717, 1.165) is 25.0 Å². The van der Waals surface area contributed by atoms with Crippen molar-refractivity contribution in [1.82, 2.24) is 5.32 Å². The number of nitrogens with two attached hydrogens (primary N) is 2. The van der Waals surface area contributed by atoms with Crippen molar-refractivity contribution in [2.75, 3.05) is 0 Å². The van der Waals surface area contributed by atoms with Crippen molar-refractivity contribution >= 4 is 5.91 Å². The van der Waals surface area contributed by atoms with Crippen LogP contribution in [0.15, 0.2) is 23.5 Å². The van der Waals surface area contributed by atoms with Gasteiger partial charge in [0, 0.05) is 11.7 Å². The van der Waals surface area contributed by atoms with Crippen LogP contribution in [-0.4, -0.2) is 11.9 Å². The molecule has 0 aliphatic heterocycles. The molecule has 1 amide bonds. The molecule has 0 aromatic carbocycles. The molecular formula is C13H23N3O. The predicted molar refractivity (Wildman–Crippen MR) is 69.8 cm³/mol. The topological polar surface area (TPSA) is 81.1 Å². The zero-order chi connectivity index (χ0) is 12.7. The van der Waals surface area contributed by atoms with Crippen molar-refractivity contribution in [3.8, 4) is 0 Å². The van der Waals surface area contributed by atoms with Crippen LogP contribution in [0.3, 0.4) is 0 Å². The lowest BCUT2D eigenvalue weighted by atomic mass is 9.95. The van der Waals surface area contributed by atoms with Gasteiger partial charge in [-0.3, -0.25) is 4.79 Å². The average molecular weight is 237 g/mol. The molecule has 0 saturated heterocycles. The molecule has 1 saturated carbocycles. The van der Waals surface area contributed by atoms with Gasteiger partial charge >= 0.3 is 0 Å². The average Bonchev–Trinajstić information content (AvgIpc) is 2.36. The zero-order valence-electron chi connectivity index (χ0n) is 10.5. The Hall–Kier alpha value is -1.45. The Balaban J connectivity index is 2.45. The van der Waals surface area contributed by atoms with Gasteiger partial charge in [-0.05, 0) is 31.4 Å². The molecule has 0 unspecified atom stereocenters. The molecule has 1 fully saturated rings. The van der Waals surface area contributed by atoms with Crippen LogP contribution in [0.25, 0.3) is 0 Å². The Bertz CT molecular complexity index is 315. The molecule has 1 aliphatic carbocycles. The van der Waals surface area contributed by atoms with Crippen LogP contribution in [0.5, 0.6) is 0 Å². The number of carbonyl (C=O) groups excluding carboxylic acids is 1. The van der Waals surface area contributed by atoms with E-state index in [1.807, 2.05) is 6.92 Å². The lowest BCUT2D eigenvalue weighted by molar-refractivity contribution is -0.118. The molecular weight excluding hydrogens is 214 g/mol. The Morgan fingerprint density at radius 3 is 2.47 bits per heavy atom. The number of allylic oxidation sites excluding steroid dienone is 3. The molecule has 0 aromatic rings. The zero-order valence-corrected chi connectivity index (χ0v) is 10.5. The predicted octanol–water partition coefficient (Wildman–Crippen LogP) is 1.53. The highest BCUT2D eigenvalue weighted by Crippen LogP contribution is 2.17. The van der Waals surface area contributed by atoms with E-state index in [4.69, 9.17) is 11.5 Å². The molecule has 4 heteroatoms. The first-order valence-electron chi connectivity index (χ1n) is 6.36. The summed E-state index contributed by atoms with van der Waals surface area (Å²) in [7, 11) is 0. The highest BCUT2D eigenvalue weighted by Gasteiger charge is 2.16. The van der Waals surface area contributed by atoms with E-state index in [9.17, 15) is 4.79 Å². The Kier molecular flexibility index (Phi) is 5.60. The maximum Gasteiger partial charge on any atom is 0.267 e. The van der Waals surface area contributed by atoms with Gasteiger partial charge in [-0.15, -0.1) is 0 Å². The number of hydrogen-bond donors (Lipinski definition) is 3. The van der Waals surface area contributed by atoms with E-state index in [0.29, 0.717) is 0 Å². The van der Waals surface area contributed by atoms with Gasteiger partial charge in [-0.1, -0.05) is 26.2 Å². The normalized spacial score (nSPS) is 19.1. The van der Waals surface area contributed by atoms with Crippen molar-refractivity contribution in [3.05, 3.63) is 23.5 Å². The maximum atomic E-state index is 11.7. The molecule has 1 aliphatic rings. The summed E-state index contributed by atoms with van der Waals surface area (Å²) in [5, 5.41) is 2.96. The van der Waals surface area contributed by atoms with Crippen molar-refractivity contribution in [1.29, 1.82) is 0 Å². The van der Waals surface area contributed by atoms with Gasteiger partial charge in [-0.2, -0.15) is 0 Å². The van der Waals surface area contributed by atoms with Crippen LogP contribution in [0, 0.1) is 0 Å². The minimum Gasteiger partial charge on any atom is -0.402 e. The quantitative estimate of drug-likeness (QED) is 0.512. The number of hydrogen-bond acceptors (Lipinski definition) is 3. The van der Waals surface area contributed by atoms with Gasteiger partial charge < -0.3 is 16.8 Å². The first-order valence-corrected chi connectivity index (χ1v) is 6.36. The summed E-state index contributed by atoms with van der Waals surface area (Å²) in [5.41, 5.74) is 12.3. The number of nitrogens with one attached hydrogen (secondary N) is 1. The van der Waals surface area contributed by atoms with E-state index >= 15 is 0 Å². The molecule has 0 bridgehead atoms. The molecule has 5 N–H and O–H groups in total. The first-order chi connectivity index (χ1) is 8.13. The lowest BCUT2D eigenvalue weighted by Crippen LogP contribution is -2.38. The summed E-state index contributed by atoms with van der Waals surface area (Å²) in [6.45, 7) is 1.96. The lowest BCUT2D eigenvalue weighted by Gasteiger charge is -2.22. The number of rotatable bonds is 4. The largest absolute Gasteiger partial charge is 0.402 e. The van der Waals surface area contributed by atoms with Crippen molar-refractivity contribution in [2.45, 2.75) is 51.5 Å². The Morgan fingerprint density at radius 1 is 1.24 bits per heavy atom. The van der Waals surface area contributed by atoms with Crippen LogP contribution < -0.4 is 16.8 Å². The van der Waals surface area contributed by atoms with E-state index in [-0.39, 0.29) is 17.6 Å². The number of carbonyl (C=O) groups is 1. The highest BCUT2D eigenvalue weighted by molar-refractivity contribution is 5.92. The van der Waals surface area contributed by atoms with Crippen LogP contribution in [0.4, 0.5) is 0 Å². The minimum absolute atomic E-state index is 0.183. The molecule has 0 radical (unpaired) electrons. The second-order valence-corrected chi connectivity index (χ2v) is 4.53. The van der Waals surface area contributed by atoms with E-state index in [1.54, 1.807) is 12.2 Å². The maximum absolute atomic E-state index is 11.7. The van der Waals surface area contributed by atoms with E-state index in [1.165, 1.54) is 19.3 Å². The molecule has 0 heterocycles. The standard InChI is InChI=1S/C13H23N3O/c1-2-10(14)8-9-12(15)13(17)16-11-6-4-3-5-7-11/h8-9,11H,2-7,14-15H2,1H3,(H,16,17)/b10-8-,12-9-. The molecule has 96 valence electrons. The SMILES string of the molecule is CC/C(N)=C/C=C(\N)C(=O)NC1CCCCC1. The molecule has 17 heavy (non-hydrogen) atoms. The molecule has 1 rings (SSSR count). The minimum atomic E-state index is -0.183. The van der Waals surface area contributed by atoms with Gasteiger partial charge in [-0.25, -0.2) is 0 Å². The third-order valence-electron chi connectivity index (χ3n) is 3.09. The van der Waals surface area contributed by atoms with Crippen LogP contribution in [0.2, 0.25) is 0 Å². The third-order valence-corrected chi connectivity index (χ3v) is 3.09. The summed E-state index contributed by atoms with van der Waals surface area (Å²) >= 11 is 0. The molecule has 0 aromatic heterocycles. The summed E-state index contributed by atoms with van der Waals surface area (Å²) in [6.07, 6.45) is 9.81. The van der Waals surface area contributed by atoms with Gasteiger partial charge in [0.25, 0.3) is 5.91 Å². The Morgan fingerprint density at radius 2 is 1.88 bits per heavy atom. The third kappa shape index (κ3) is 4.93. The molecule has 0 atom stereocenters. The van der Waals surface area contributed by atoms with Gasteiger partial charge in [0.05, 0.1) is 5.70 Å². The fourth-order valence-electron chi connectivity index (χ4n) is 1.91. The second kappa shape index (κ2) is 6.99. The van der Waals surface area contributed by atoms with Crippen molar-refractivity contribution in [3.63, 3.8) is 0 Å². The van der Waals surface area contributed by atoms with Crippen LogP contribution in [0.1, 0.15) is 45.4 Å². The smallest absolute Gasteiger partial charge is 0.267 e. The number of amides is 1. The Labute approximate surface area is 103 Å². The highest BCUT2D eigenvalue weighted by atomic mass is 16.2. The second-order valence-electron chi connectivity index (χ2n) is 4.53. The molecule has 4 nitrogen and oxygen atoms in total.